The van der Waals surface area contributed by atoms with Crippen molar-refractivity contribution in [2.45, 2.75) is 13.0 Å². The van der Waals surface area contributed by atoms with E-state index in [9.17, 15) is 4.79 Å². The second kappa shape index (κ2) is 6.31. The molecule has 8 heteroatoms. The number of nitrogens with two attached hydrogens (primary N) is 1. The third-order valence-corrected chi connectivity index (χ3v) is 3.97. The number of aromatic amines is 1. The fourth-order valence-electron chi connectivity index (χ4n) is 2.74. The quantitative estimate of drug-likeness (QED) is 0.597. The van der Waals surface area contributed by atoms with E-state index in [4.69, 9.17) is 15.2 Å². The van der Waals surface area contributed by atoms with E-state index in [0.29, 0.717) is 30.7 Å². The number of imidazole rings is 1. The van der Waals surface area contributed by atoms with E-state index in [2.05, 4.69) is 15.0 Å². The van der Waals surface area contributed by atoms with Gasteiger partial charge in [-0.1, -0.05) is 12.1 Å². The van der Waals surface area contributed by atoms with Crippen LogP contribution in [0.5, 0.6) is 11.8 Å². The molecule has 3 aromatic rings. The Morgan fingerprint density at radius 2 is 2.00 bits per heavy atom. The molecule has 1 aromatic carbocycles. The monoisotopic (exact) mass is 339 g/mol. The Morgan fingerprint density at radius 3 is 2.88 bits per heavy atom. The van der Waals surface area contributed by atoms with Crippen molar-refractivity contribution in [1.82, 2.24) is 19.5 Å². The summed E-state index contributed by atoms with van der Waals surface area (Å²) >= 11 is 0. The summed E-state index contributed by atoms with van der Waals surface area (Å²) in [6.45, 7) is 1.17. The number of nitrogen functional groups attached to an aromatic ring is 1. The van der Waals surface area contributed by atoms with Crippen molar-refractivity contribution < 1.29 is 9.47 Å². The molecule has 8 nitrogen and oxygen atoms in total. The minimum Gasteiger partial charge on any atom is -0.490 e. The van der Waals surface area contributed by atoms with Crippen LogP contribution in [-0.2, 0) is 13.0 Å². The highest BCUT2D eigenvalue weighted by Crippen LogP contribution is 2.19. The van der Waals surface area contributed by atoms with Crippen LogP contribution in [0.3, 0.4) is 0 Å². The molecule has 0 fully saturated rings. The second-order valence-corrected chi connectivity index (χ2v) is 5.66. The van der Waals surface area contributed by atoms with Gasteiger partial charge in [-0.05, 0) is 36.3 Å². The van der Waals surface area contributed by atoms with E-state index in [-0.39, 0.29) is 24.1 Å². The normalized spacial score (nSPS) is 14.6. The lowest BCUT2D eigenvalue weighted by molar-refractivity contribution is 0.330. The molecule has 4 rings (SSSR count). The Hall–Kier alpha value is -3.29. The van der Waals surface area contributed by atoms with Crippen molar-refractivity contribution in [3.63, 3.8) is 0 Å². The lowest BCUT2D eigenvalue weighted by atomic mass is 10.1. The number of anilines is 1. The molecule has 0 unspecified atom stereocenters. The van der Waals surface area contributed by atoms with Crippen LogP contribution in [0.4, 0.5) is 5.82 Å². The summed E-state index contributed by atoms with van der Waals surface area (Å²) in [7, 11) is 0. The average Bonchev–Trinajstić information content (AvgIpc) is 2.92. The SMILES string of the molecule is Nc1nc2nc3c1[nH]c(=O)n3CCc1cccc(c1)OCC=CCO2. The Bertz CT molecular complexity index is 1010. The van der Waals surface area contributed by atoms with Crippen LogP contribution in [0.15, 0.2) is 41.2 Å². The van der Waals surface area contributed by atoms with Gasteiger partial charge >= 0.3 is 11.7 Å². The molecule has 128 valence electrons. The predicted molar refractivity (Wildman–Crippen MR) is 92.8 cm³/mol. The lowest BCUT2D eigenvalue weighted by Crippen LogP contribution is -2.18. The number of H-pyrrole nitrogens is 1. The van der Waals surface area contributed by atoms with Gasteiger partial charge in [0.05, 0.1) is 0 Å². The van der Waals surface area contributed by atoms with Crippen molar-refractivity contribution in [1.29, 1.82) is 0 Å². The Kier molecular flexibility index (Phi) is 3.85. The van der Waals surface area contributed by atoms with E-state index in [1.54, 1.807) is 4.57 Å². The first-order chi connectivity index (χ1) is 12.2. The zero-order valence-electron chi connectivity index (χ0n) is 13.4. The van der Waals surface area contributed by atoms with Gasteiger partial charge in [0.25, 0.3) is 0 Å². The summed E-state index contributed by atoms with van der Waals surface area (Å²) in [6.07, 6.45) is 4.33. The molecule has 0 amide bonds. The first-order valence-corrected chi connectivity index (χ1v) is 7.96. The van der Waals surface area contributed by atoms with Gasteiger partial charge in [-0.25, -0.2) is 4.79 Å². The van der Waals surface area contributed by atoms with Crippen LogP contribution in [0.1, 0.15) is 5.56 Å². The van der Waals surface area contributed by atoms with Gasteiger partial charge in [-0.2, -0.15) is 9.97 Å². The number of aryl methyl sites for hydroxylation is 2. The van der Waals surface area contributed by atoms with Gasteiger partial charge in [0.15, 0.2) is 11.5 Å². The van der Waals surface area contributed by atoms with Gasteiger partial charge in [-0.3, -0.25) is 4.57 Å². The number of nitrogens with zero attached hydrogens (tertiary/aromatic N) is 3. The molecule has 0 aliphatic carbocycles. The molecule has 0 saturated carbocycles. The average molecular weight is 339 g/mol. The van der Waals surface area contributed by atoms with Crippen molar-refractivity contribution in [3.8, 4) is 11.8 Å². The lowest BCUT2D eigenvalue weighted by Gasteiger charge is -2.07. The third-order valence-electron chi connectivity index (χ3n) is 3.97. The predicted octanol–water partition coefficient (Wildman–Crippen LogP) is 1.27. The van der Waals surface area contributed by atoms with Crippen LogP contribution < -0.4 is 20.9 Å². The molecule has 0 atom stereocenters. The fourth-order valence-corrected chi connectivity index (χ4v) is 2.74. The second-order valence-electron chi connectivity index (χ2n) is 5.66. The maximum absolute atomic E-state index is 12.3. The summed E-state index contributed by atoms with van der Waals surface area (Å²) < 4.78 is 12.7. The molecule has 0 saturated heterocycles. The first kappa shape index (κ1) is 15.3. The van der Waals surface area contributed by atoms with E-state index in [1.165, 1.54) is 0 Å². The molecule has 1 aliphatic heterocycles. The van der Waals surface area contributed by atoms with Crippen LogP contribution in [0, 0.1) is 0 Å². The topological polar surface area (TPSA) is 108 Å². The minimum atomic E-state index is -0.273. The summed E-state index contributed by atoms with van der Waals surface area (Å²) in [6, 6.07) is 7.95. The molecule has 1 aliphatic rings. The molecule has 4 bridgehead atoms. The maximum Gasteiger partial charge on any atom is 0.327 e. The largest absolute Gasteiger partial charge is 0.490 e. The Labute approximate surface area is 142 Å². The number of benzene rings is 1. The van der Waals surface area contributed by atoms with E-state index < -0.39 is 0 Å². The fraction of sp³-hybridized carbons (Fsp3) is 0.235. The highest BCUT2D eigenvalue weighted by Gasteiger charge is 2.14. The van der Waals surface area contributed by atoms with Gasteiger partial charge in [0, 0.05) is 6.54 Å². The van der Waals surface area contributed by atoms with Crippen LogP contribution in [-0.4, -0.2) is 32.7 Å². The Morgan fingerprint density at radius 1 is 1.16 bits per heavy atom. The van der Waals surface area contributed by atoms with Gasteiger partial charge < -0.3 is 20.2 Å². The van der Waals surface area contributed by atoms with Gasteiger partial charge in [-0.15, -0.1) is 0 Å². The van der Waals surface area contributed by atoms with Crippen LogP contribution in [0.2, 0.25) is 0 Å². The third kappa shape index (κ3) is 3.06. The van der Waals surface area contributed by atoms with Crippen LogP contribution in [0.25, 0.3) is 11.2 Å². The molecular weight excluding hydrogens is 322 g/mol. The molecule has 3 N–H and O–H groups in total. The number of aromatic nitrogens is 4. The number of fused-ring (bicyclic) bond motifs is 3. The first-order valence-electron chi connectivity index (χ1n) is 7.96. The zero-order chi connectivity index (χ0) is 17.2. The number of hydrogen-bond acceptors (Lipinski definition) is 6. The minimum absolute atomic E-state index is 0.138. The molecule has 3 heterocycles. The molecule has 2 aromatic heterocycles. The Balaban J connectivity index is 1.79. The van der Waals surface area contributed by atoms with E-state index >= 15 is 0 Å². The zero-order valence-corrected chi connectivity index (χ0v) is 13.4. The highest BCUT2D eigenvalue weighted by atomic mass is 16.5. The number of rotatable bonds is 0. The highest BCUT2D eigenvalue weighted by molar-refractivity contribution is 5.81. The summed E-state index contributed by atoms with van der Waals surface area (Å²) in [5.74, 6) is 0.976. The summed E-state index contributed by atoms with van der Waals surface area (Å²) in [5, 5.41) is 0. The number of ether oxygens (including phenoxy) is 2. The molecule has 25 heavy (non-hydrogen) atoms. The van der Waals surface area contributed by atoms with Crippen LogP contribution >= 0.6 is 0 Å². The van der Waals surface area contributed by atoms with Crippen molar-refractivity contribution in [3.05, 3.63) is 52.5 Å². The van der Waals surface area contributed by atoms with Crippen molar-refractivity contribution in [2.24, 2.45) is 0 Å². The maximum atomic E-state index is 12.3. The number of nitrogens with one attached hydrogen (secondary N) is 1. The summed E-state index contributed by atoms with van der Waals surface area (Å²) in [5.41, 5.74) is 7.59. The molecule has 0 radical (unpaired) electrons. The smallest absolute Gasteiger partial charge is 0.327 e. The van der Waals surface area contributed by atoms with Gasteiger partial charge in [0.2, 0.25) is 0 Å². The molecule has 0 spiro atoms. The number of hydrogen-bond donors (Lipinski definition) is 2. The summed E-state index contributed by atoms with van der Waals surface area (Å²) in [4.78, 5) is 23.4. The van der Waals surface area contributed by atoms with Crippen molar-refractivity contribution in [2.75, 3.05) is 18.9 Å². The van der Waals surface area contributed by atoms with E-state index in [1.807, 2.05) is 36.4 Å². The van der Waals surface area contributed by atoms with Crippen molar-refractivity contribution >= 4 is 17.0 Å². The molecular formula is C17H17N5O3. The standard InChI is InChI=1S/C17H17N5O3/c18-14-13-15-21-16(20-14)25-9-2-1-8-24-12-5-3-4-11(10-12)6-7-22(15)17(23)19-13/h1-5,10H,6-9H2,(H,19,23)(H2,18,20,21). The van der Waals surface area contributed by atoms with E-state index in [0.717, 1.165) is 11.3 Å². The van der Waals surface area contributed by atoms with Gasteiger partial charge in [0.1, 0.15) is 24.5 Å².